The zero-order valence-corrected chi connectivity index (χ0v) is 9.47. The molecule has 88 valence electrons. The Morgan fingerprint density at radius 2 is 2.31 bits per heavy atom. The number of nitrogens with two attached hydrogens (primary N) is 1. The van der Waals surface area contributed by atoms with Crippen molar-refractivity contribution in [1.29, 1.82) is 0 Å². The highest BCUT2D eigenvalue weighted by molar-refractivity contribution is 5.96. The molecule has 0 aliphatic rings. The first kappa shape index (κ1) is 12.4. The Kier molecular flexibility index (Phi) is 4.25. The van der Waals surface area contributed by atoms with E-state index in [0.717, 1.165) is 0 Å². The van der Waals surface area contributed by atoms with Crippen LogP contribution in [-0.4, -0.2) is 28.6 Å². The molecule has 0 aromatic carbocycles. The molecule has 1 heterocycles. The van der Waals surface area contributed by atoms with Crippen LogP contribution in [-0.2, 0) is 0 Å². The SMILES string of the molecule is CC(C)C(CN)NC(=O)c1ccncc1O. The van der Waals surface area contributed by atoms with Crippen molar-refractivity contribution in [3.63, 3.8) is 0 Å². The summed E-state index contributed by atoms with van der Waals surface area (Å²) >= 11 is 0. The predicted octanol–water partition coefficient (Wildman–Crippen LogP) is 0.500. The maximum Gasteiger partial charge on any atom is 0.255 e. The van der Waals surface area contributed by atoms with Crippen molar-refractivity contribution in [2.24, 2.45) is 11.7 Å². The van der Waals surface area contributed by atoms with Gasteiger partial charge in [-0.25, -0.2) is 0 Å². The van der Waals surface area contributed by atoms with Gasteiger partial charge in [0.2, 0.25) is 0 Å². The van der Waals surface area contributed by atoms with Crippen molar-refractivity contribution < 1.29 is 9.90 Å². The highest BCUT2D eigenvalue weighted by Gasteiger charge is 2.17. The molecule has 0 spiro atoms. The predicted molar refractivity (Wildman–Crippen MR) is 61.0 cm³/mol. The summed E-state index contributed by atoms with van der Waals surface area (Å²) in [6.45, 7) is 4.32. The molecule has 1 unspecified atom stereocenters. The second-order valence-electron chi connectivity index (χ2n) is 3.95. The van der Waals surface area contributed by atoms with Crippen LogP contribution in [0.25, 0.3) is 0 Å². The van der Waals surface area contributed by atoms with Crippen molar-refractivity contribution in [3.05, 3.63) is 24.0 Å². The highest BCUT2D eigenvalue weighted by Crippen LogP contribution is 2.14. The number of aromatic nitrogens is 1. The Balaban J connectivity index is 2.76. The van der Waals surface area contributed by atoms with E-state index in [1.54, 1.807) is 0 Å². The number of nitrogens with zero attached hydrogens (tertiary/aromatic N) is 1. The molecule has 5 heteroatoms. The summed E-state index contributed by atoms with van der Waals surface area (Å²) in [4.78, 5) is 15.5. The maximum absolute atomic E-state index is 11.8. The van der Waals surface area contributed by atoms with Gasteiger partial charge in [0.25, 0.3) is 5.91 Å². The van der Waals surface area contributed by atoms with Gasteiger partial charge < -0.3 is 16.2 Å². The van der Waals surface area contributed by atoms with Crippen molar-refractivity contribution >= 4 is 5.91 Å². The highest BCUT2D eigenvalue weighted by atomic mass is 16.3. The number of pyridine rings is 1. The molecular formula is C11H17N3O2. The lowest BCUT2D eigenvalue weighted by molar-refractivity contribution is 0.0925. The lowest BCUT2D eigenvalue weighted by Crippen LogP contribution is -2.43. The van der Waals surface area contributed by atoms with Crippen LogP contribution in [0.3, 0.4) is 0 Å². The number of aromatic hydroxyl groups is 1. The van der Waals surface area contributed by atoms with E-state index in [4.69, 9.17) is 5.73 Å². The molecule has 0 radical (unpaired) electrons. The van der Waals surface area contributed by atoms with Crippen molar-refractivity contribution in [2.75, 3.05) is 6.54 Å². The van der Waals surface area contributed by atoms with Gasteiger partial charge in [0.15, 0.2) is 0 Å². The third kappa shape index (κ3) is 2.93. The third-order valence-electron chi connectivity index (χ3n) is 2.42. The van der Waals surface area contributed by atoms with Crippen molar-refractivity contribution in [3.8, 4) is 5.75 Å². The van der Waals surface area contributed by atoms with Crippen LogP contribution in [0.4, 0.5) is 0 Å². The van der Waals surface area contributed by atoms with E-state index < -0.39 is 0 Å². The fourth-order valence-electron chi connectivity index (χ4n) is 1.32. The molecule has 1 rings (SSSR count). The van der Waals surface area contributed by atoms with Crippen LogP contribution in [0.15, 0.2) is 18.5 Å². The number of hydrogen-bond acceptors (Lipinski definition) is 4. The van der Waals surface area contributed by atoms with Gasteiger partial charge >= 0.3 is 0 Å². The van der Waals surface area contributed by atoms with E-state index in [9.17, 15) is 9.90 Å². The van der Waals surface area contributed by atoms with Crippen LogP contribution < -0.4 is 11.1 Å². The molecule has 1 atom stereocenters. The molecule has 1 amide bonds. The lowest BCUT2D eigenvalue weighted by Gasteiger charge is -2.20. The Morgan fingerprint density at radius 3 is 2.81 bits per heavy atom. The average molecular weight is 223 g/mol. The van der Waals surface area contributed by atoms with Crippen molar-refractivity contribution in [1.82, 2.24) is 10.3 Å². The smallest absolute Gasteiger partial charge is 0.255 e. The first-order valence-electron chi connectivity index (χ1n) is 5.20. The fourth-order valence-corrected chi connectivity index (χ4v) is 1.32. The largest absolute Gasteiger partial charge is 0.505 e. The topological polar surface area (TPSA) is 88.2 Å². The van der Waals surface area contributed by atoms with E-state index in [2.05, 4.69) is 10.3 Å². The molecule has 0 aliphatic carbocycles. The van der Waals surface area contributed by atoms with Gasteiger partial charge in [-0.2, -0.15) is 0 Å². The van der Waals surface area contributed by atoms with E-state index in [-0.39, 0.29) is 29.2 Å². The Hall–Kier alpha value is -1.62. The monoisotopic (exact) mass is 223 g/mol. The second-order valence-corrected chi connectivity index (χ2v) is 3.95. The van der Waals surface area contributed by atoms with E-state index in [1.807, 2.05) is 13.8 Å². The summed E-state index contributed by atoms with van der Waals surface area (Å²) < 4.78 is 0. The van der Waals surface area contributed by atoms with Gasteiger partial charge in [-0.05, 0) is 12.0 Å². The quantitative estimate of drug-likeness (QED) is 0.693. The maximum atomic E-state index is 11.8. The Bertz CT molecular complexity index is 366. The van der Waals surface area contributed by atoms with Gasteiger partial charge in [-0.3, -0.25) is 9.78 Å². The normalized spacial score (nSPS) is 12.5. The summed E-state index contributed by atoms with van der Waals surface area (Å²) in [5.74, 6) is -0.207. The molecule has 1 aromatic rings. The van der Waals surface area contributed by atoms with Crippen LogP contribution in [0.1, 0.15) is 24.2 Å². The number of nitrogens with one attached hydrogen (secondary N) is 1. The van der Waals surface area contributed by atoms with Crippen LogP contribution >= 0.6 is 0 Å². The molecular weight excluding hydrogens is 206 g/mol. The molecule has 0 bridgehead atoms. The fraction of sp³-hybridized carbons (Fsp3) is 0.455. The first-order chi connectivity index (χ1) is 7.56. The van der Waals surface area contributed by atoms with Crippen LogP contribution in [0.2, 0.25) is 0 Å². The minimum Gasteiger partial charge on any atom is -0.505 e. The summed E-state index contributed by atoms with van der Waals surface area (Å²) in [6.07, 6.45) is 2.70. The minimum absolute atomic E-state index is 0.0972. The van der Waals surface area contributed by atoms with Gasteiger partial charge in [-0.15, -0.1) is 0 Å². The first-order valence-corrected chi connectivity index (χ1v) is 5.20. The molecule has 0 fully saturated rings. The zero-order chi connectivity index (χ0) is 12.1. The number of carbonyl (C=O) groups is 1. The van der Waals surface area contributed by atoms with E-state index in [1.165, 1.54) is 18.5 Å². The van der Waals surface area contributed by atoms with Gasteiger partial charge in [0.05, 0.1) is 11.8 Å². The molecule has 5 nitrogen and oxygen atoms in total. The summed E-state index contributed by atoms with van der Waals surface area (Å²) in [5.41, 5.74) is 5.77. The molecule has 0 saturated heterocycles. The van der Waals surface area contributed by atoms with Crippen LogP contribution in [0.5, 0.6) is 5.75 Å². The van der Waals surface area contributed by atoms with Gasteiger partial charge in [0.1, 0.15) is 5.75 Å². The van der Waals surface area contributed by atoms with Gasteiger partial charge in [-0.1, -0.05) is 13.8 Å². The number of carbonyl (C=O) groups excluding carboxylic acids is 1. The number of hydrogen-bond donors (Lipinski definition) is 3. The van der Waals surface area contributed by atoms with Crippen LogP contribution in [0, 0.1) is 5.92 Å². The molecule has 0 saturated carbocycles. The Morgan fingerprint density at radius 1 is 1.62 bits per heavy atom. The summed E-state index contributed by atoms with van der Waals surface area (Å²) in [6, 6.07) is 1.37. The lowest BCUT2D eigenvalue weighted by atomic mass is 10.0. The second kappa shape index (κ2) is 5.46. The Labute approximate surface area is 94.7 Å². The molecule has 4 N–H and O–H groups in total. The number of rotatable bonds is 4. The average Bonchev–Trinajstić information content (AvgIpc) is 2.25. The third-order valence-corrected chi connectivity index (χ3v) is 2.42. The molecule has 16 heavy (non-hydrogen) atoms. The van der Waals surface area contributed by atoms with Crippen molar-refractivity contribution in [2.45, 2.75) is 19.9 Å². The molecule has 0 aliphatic heterocycles. The molecule has 1 aromatic heterocycles. The van der Waals surface area contributed by atoms with E-state index in [0.29, 0.717) is 6.54 Å². The summed E-state index contributed by atoms with van der Waals surface area (Å²) in [5, 5.41) is 12.2. The zero-order valence-electron chi connectivity index (χ0n) is 9.47. The summed E-state index contributed by atoms with van der Waals surface area (Å²) in [7, 11) is 0. The van der Waals surface area contributed by atoms with Gasteiger partial charge in [0, 0.05) is 18.8 Å². The standard InChI is InChI=1S/C11H17N3O2/c1-7(2)9(5-12)14-11(16)8-3-4-13-6-10(8)15/h3-4,6-7,9,15H,5,12H2,1-2H3,(H,14,16). The van der Waals surface area contributed by atoms with E-state index >= 15 is 0 Å². The minimum atomic E-state index is -0.330. The number of amides is 1.